The molecule has 0 aliphatic carbocycles. The van der Waals surface area contributed by atoms with Crippen LogP contribution in [0, 0.1) is 0 Å². The molecule has 0 bridgehead atoms. The molecule has 0 saturated carbocycles. The summed E-state index contributed by atoms with van der Waals surface area (Å²) < 4.78 is 10.2. The predicted octanol–water partition coefficient (Wildman–Crippen LogP) is 3.59. The summed E-state index contributed by atoms with van der Waals surface area (Å²) in [4.78, 5) is 11.7. The fraction of sp³-hybridized carbons (Fsp3) is 0. The second kappa shape index (κ2) is 5.92. The first-order valence-corrected chi connectivity index (χ1v) is 6.36. The number of hydrogen-bond donors (Lipinski definition) is 1. The molecule has 3 aromatic rings. The van der Waals surface area contributed by atoms with Gasteiger partial charge in [-0.2, -0.15) is 0 Å². The van der Waals surface area contributed by atoms with Crippen LogP contribution >= 0.6 is 0 Å². The maximum absolute atomic E-state index is 11.7. The Labute approximate surface area is 120 Å². The Kier molecular flexibility index (Phi) is 3.64. The third-order valence-corrected chi connectivity index (χ3v) is 2.77. The standard InChI is InChI=1S/C16H12N2O3/c19-15(9-8-13-7-4-10-20-13)17-16-11-14(18-21-16)12-5-2-1-3-6-12/h1-11H,(H,17,19)/b9-8-. The zero-order chi connectivity index (χ0) is 14.5. The Balaban J connectivity index is 1.66. The van der Waals surface area contributed by atoms with Crippen LogP contribution in [0.2, 0.25) is 0 Å². The maximum Gasteiger partial charge on any atom is 0.250 e. The Morgan fingerprint density at radius 1 is 1.14 bits per heavy atom. The van der Waals surface area contributed by atoms with E-state index in [0.29, 0.717) is 17.3 Å². The number of furan rings is 1. The van der Waals surface area contributed by atoms with Crippen molar-refractivity contribution in [3.8, 4) is 11.3 Å². The molecular formula is C16H12N2O3. The molecule has 2 aromatic heterocycles. The summed E-state index contributed by atoms with van der Waals surface area (Å²) in [6.07, 6.45) is 4.48. The molecule has 1 N–H and O–H groups in total. The lowest BCUT2D eigenvalue weighted by molar-refractivity contribution is -0.112. The van der Waals surface area contributed by atoms with Gasteiger partial charge in [-0.05, 0) is 18.2 Å². The van der Waals surface area contributed by atoms with Crippen molar-refractivity contribution < 1.29 is 13.7 Å². The predicted molar refractivity (Wildman–Crippen MR) is 78.3 cm³/mol. The molecule has 0 spiro atoms. The highest BCUT2D eigenvalue weighted by molar-refractivity contribution is 6.01. The van der Waals surface area contributed by atoms with Crippen molar-refractivity contribution in [2.45, 2.75) is 0 Å². The molecule has 21 heavy (non-hydrogen) atoms. The molecule has 0 fully saturated rings. The summed E-state index contributed by atoms with van der Waals surface area (Å²) >= 11 is 0. The largest absolute Gasteiger partial charge is 0.465 e. The molecule has 104 valence electrons. The van der Waals surface area contributed by atoms with E-state index in [2.05, 4.69) is 10.5 Å². The minimum absolute atomic E-state index is 0.294. The van der Waals surface area contributed by atoms with E-state index in [1.165, 1.54) is 6.08 Å². The van der Waals surface area contributed by atoms with Gasteiger partial charge in [0.2, 0.25) is 5.88 Å². The van der Waals surface area contributed by atoms with Crippen molar-refractivity contribution in [1.82, 2.24) is 5.16 Å². The smallest absolute Gasteiger partial charge is 0.250 e. The summed E-state index contributed by atoms with van der Waals surface area (Å²) in [5.41, 5.74) is 1.59. The van der Waals surface area contributed by atoms with E-state index >= 15 is 0 Å². The monoisotopic (exact) mass is 280 g/mol. The summed E-state index contributed by atoms with van der Waals surface area (Å²) in [6, 6.07) is 14.8. The van der Waals surface area contributed by atoms with Gasteiger partial charge in [-0.3, -0.25) is 10.1 Å². The topological polar surface area (TPSA) is 68.3 Å². The van der Waals surface area contributed by atoms with Gasteiger partial charge in [-0.1, -0.05) is 35.5 Å². The minimum Gasteiger partial charge on any atom is -0.465 e. The number of hydrogen-bond acceptors (Lipinski definition) is 4. The van der Waals surface area contributed by atoms with Crippen LogP contribution in [-0.2, 0) is 4.79 Å². The van der Waals surface area contributed by atoms with Gasteiger partial charge in [0.25, 0.3) is 5.91 Å². The van der Waals surface area contributed by atoms with Gasteiger partial charge in [0, 0.05) is 17.7 Å². The van der Waals surface area contributed by atoms with Crippen LogP contribution in [0.1, 0.15) is 5.76 Å². The zero-order valence-electron chi connectivity index (χ0n) is 11.0. The summed E-state index contributed by atoms with van der Waals surface area (Å²) in [6.45, 7) is 0. The summed E-state index contributed by atoms with van der Waals surface area (Å²) in [5.74, 6) is 0.581. The maximum atomic E-state index is 11.7. The van der Waals surface area contributed by atoms with Crippen LogP contribution < -0.4 is 5.32 Å². The molecule has 5 heteroatoms. The molecule has 1 amide bonds. The first kappa shape index (κ1) is 12.9. The van der Waals surface area contributed by atoms with Crippen molar-refractivity contribution >= 4 is 17.9 Å². The van der Waals surface area contributed by atoms with E-state index in [4.69, 9.17) is 8.94 Å². The lowest BCUT2D eigenvalue weighted by atomic mass is 10.2. The van der Waals surface area contributed by atoms with E-state index in [9.17, 15) is 4.79 Å². The molecule has 1 aromatic carbocycles. The van der Waals surface area contributed by atoms with Crippen LogP contribution in [0.4, 0.5) is 5.88 Å². The van der Waals surface area contributed by atoms with E-state index in [-0.39, 0.29) is 5.91 Å². The van der Waals surface area contributed by atoms with E-state index < -0.39 is 0 Å². The molecule has 2 heterocycles. The number of aromatic nitrogens is 1. The van der Waals surface area contributed by atoms with Gasteiger partial charge in [0.15, 0.2) is 0 Å². The van der Waals surface area contributed by atoms with Gasteiger partial charge in [-0.15, -0.1) is 0 Å². The van der Waals surface area contributed by atoms with Crippen LogP contribution in [-0.4, -0.2) is 11.1 Å². The number of carbonyl (C=O) groups excluding carboxylic acids is 1. The van der Waals surface area contributed by atoms with Crippen molar-refractivity contribution in [2.24, 2.45) is 0 Å². The minimum atomic E-state index is -0.317. The molecule has 0 aliphatic heterocycles. The lowest BCUT2D eigenvalue weighted by Crippen LogP contribution is -2.06. The second-order valence-corrected chi connectivity index (χ2v) is 4.28. The Morgan fingerprint density at radius 3 is 2.76 bits per heavy atom. The number of nitrogens with zero attached hydrogens (tertiary/aromatic N) is 1. The highest BCUT2D eigenvalue weighted by Gasteiger charge is 2.07. The van der Waals surface area contributed by atoms with E-state index in [1.54, 1.807) is 30.5 Å². The van der Waals surface area contributed by atoms with E-state index in [1.807, 2.05) is 30.3 Å². The quantitative estimate of drug-likeness (QED) is 0.741. The van der Waals surface area contributed by atoms with Gasteiger partial charge in [-0.25, -0.2) is 0 Å². The zero-order valence-corrected chi connectivity index (χ0v) is 11.0. The number of amides is 1. The van der Waals surface area contributed by atoms with Crippen LogP contribution in [0.3, 0.4) is 0 Å². The number of anilines is 1. The molecule has 5 nitrogen and oxygen atoms in total. The SMILES string of the molecule is O=C(/C=C\c1ccco1)Nc1cc(-c2ccccc2)no1. The Bertz CT molecular complexity index is 743. The molecule has 0 atom stereocenters. The third-order valence-electron chi connectivity index (χ3n) is 2.77. The number of rotatable bonds is 4. The van der Waals surface area contributed by atoms with Gasteiger partial charge >= 0.3 is 0 Å². The summed E-state index contributed by atoms with van der Waals surface area (Å²) in [5, 5.41) is 6.52. The molecule has 0 unspecified atom stereocenters. The average Bonchev–Trinajstić information content (AvgIpc) is 3.17. The molecule has 0 saturated heterocycles. The van der Waals surface area contributed by atoms with Crippen molar-refractivity contribution in [3.05, 3.63) is 66.6 Å². The number of benzene rings is 1. The van der Waals surface area contributed by atoms with Gasteiger partial charge in [0.05, 0.1) is 6.26 Å². The first-order chi connectivity index (χ1) is 10.3. The number of carbonyl (C=O) groups is 1. The second-order valence-electron chi connectivity index (χ2n) is 4.28. The normalized spacial score (nSPS) is 10.9. The number of nitrogens with one attached hydrogen (secondary N) is 1. The highest BCUT2D eigenvalue weighted by atomic mass is 16.5. The fourth-order valence-electron chi connectivity index (χ4n) is 1.79. The average molecular weight is 280 g/mol. The van der Waals surface area contributed by atoms with Crippen molar-refractivity contribution in [1.29, 1.82) is 0 Å². The van der Waals surface area contributed by atoms with Gasteiger partial charge < -0.3 is 8.94 Å². The third kappa shape index (κ3) is 3.27. The van der Waals surface area contributed by atoms with Crippen LogP contribution in [0.15, 0.2) is 69.8 Å². The van der Waals surface area contributed by atoms with Crippen molar-refractivity contribution in [2.75, 3.05) is 5.32 Å². The van der Waals surface area contributed by atoms with Gasteiger partial charge in [0.1, 0.15) is 11.5 Å². The Morgan fingerprint density at radius 2 is 2.00 bits per heavy atom. The fourth-order valence-corrected chi connectivity index (χ4v) is 1.79. The molecule has 3 rings (SSSR count). The first-order valence-electron chi connectivity index (χ1n) is 6.36. The molecular weight excluding hydrogens is 268 g/mol. The Hall–Kier alpha value is -3.08. The highest BCUT2D eigenvalue weighted by Crippen LogP contribution is 2.21. The van der Waals surface area contributed by atoms with Crippen LogP contribution in [0.25, 0.3) is 17.3 Å². The molecule has 0 radical (unpaired) electrons. The summed E-state index contributed by atoms with van der Waals surface area (Å²) in [7, 11) is 0. The van der Waals surface area contributed by atoms with E-state index in [0.717, 1.165) is 5.56 Å². The van der Waals surface area contributed by atoms with Crippen LogP contribution in [0.5, 0.6) is 0 Å². The lowest BCUT2D eigenvalue weighted by Gasteiger charge is -1.94. The molecule has 0 aliphatic rings. The van der Waals surface area contributed by atoms with Crippen molar-refractivity contribution in [3.63, 3.8) is 0 Å².